The minimum absolute atomic E-state index is 0.642. The molecule has 0 bridgehead atoms. The van der Waals surface area contributed by atoms with E-state index in [0.29, 0.717) is 12.5 Å². The van der Waals surface area contributed by atoms with E-state index in [0.717, 1.165) is 31.3 Å². The molecule has 0 saturated carbocycles. The average molecular weight is 329 g/mol. The van der Waals surface area contributed by atoms with Crippen LogP contribution in [-0.4, -0.2) is 42.0 Å². The SMILES string of the molecule is Cc1ccc(CN=C(N)N2CCN(c3nccs3)CC2)c(C)c1. The van der Waals surface area contributed by atoms with Gasteiger partial charge in [0.25, 0.3) is 0 Å². The van der Waals surface area contributed by atoms with E-state index in [4.69, 9.17) is 5.73 Å². The molecule has 0 radical (unpaired) electrons. The van der Waals surface area contributed by atoms with E-state index in [1.165, 1.54) is 16.7 Å². The smallest absolute Gasteiger partial charge is 0.191 e. The molecule has 0 aliphatic carbocycles. The first-order chi connectivity index (χ1) is 11.1. The Hall–Kier alpha value is -2.08. The van der Waals surface area contributed by atoms with Crippen molar-refractivity contribution in [2.75, 3.05) is 31.1 Å². The second-order valence-corrected chi connectivity index (χ2v) is 6.77. The monoisotopic (exact) mass is 329 g/mol. The predicted octanol–water partition coefficient (Wildman–Crippen LogP) is 2.40. The molecule has 2 aromatic rings. The molecule has 2 heterocycles. The van der Waals surface area contributed by atoms with E-state index >= 15 is 0 Å². The van der Waals surface area contributed by atoms with E-state index in [1.807, 2.05) is 11.6 Å². The van der Waals surface area contributed by atoms with Gasteiger partial charge in [0.15, 0.2) is 11.1 Å². The van der Waals surface area contributed by atoms with E-state index in [-0.39, 0.29) is 0 Å². The van der Waals surface area contributed by atoms with Crippen LogP contribution in [0.2, 0.25) is 0 Å². The molecule has 1 aromatic carbocycles. The van der Waals surface area contributed by atoms with Gasteiger partial charge in [-0.15, -0.1) is 11.3 Å². The van der Waals surface area contributed by atoms with Gasteiger partial charge in [0, 0.05) is 37.8 Å². The maximum absolute atomic E-state index is 6.18. The van der Waals surface area contributed by atoms with Crippen LogP contribution in [0.25, 0.3) is 0 Å². The maximum Gasteiger partial charge on any atom is 0.191 e. The number of benzene rings is 1. The van der Waals surface area contributed by atoms with E-state index in [2.05, 4.69) is 51.8 Å². The first kappa shape index (κ1) is 15.8. The van der Waals surface area contributed by atoms with Crippen molar-refractivity contribution >= 4 is 22.4 Å². The van der Waals surface area contributed by atoms with Crippen molar-refractivity contribution in [2.24, 2.45) is 10.7 Å². The largest absolute Gasteiger partial charge is 0.370 e. The van der Waals surface area contributed by atoms with Crippen LogP contribution >= 0.6 is 11.3 Å². The van der Waals surface area contributed by atoms with Gasteiger partial charge in [0.1, 0.15) is 0 Å². The number of hydrogen-bond acceptors (Lipinski definition) is 4. The molecule has 0 atom stereocenters. The van der Waals surface area contributed by atoms with Gasteiger partial charge in [-0.2, -0.15) is 0 Å². The zero-order valence-electron chi connectivity index (χ0n) is 13.7. The Balaban J connectivity index is 1.57. The molecule has 0 spiro atoms. The molecule has 0 amide bonds. The Morgan fingerprint density at radius 3 is 2.70 bits per heavy atom. The standard InChI is InChI=1S/C17H23N5S/c1-13-3-4-15(14(2)11-13)12-20-16(18)21-6-8-22(9-7-21)17-19-5-10-23-17/h3-5,10-11H,6-9,12H2,1-2H3,(H2,18,20). The van der Waals surface area contributed by atoms with Gasteiger partial charge in [-0.25, -0.2) is 9.98 Å². The van der Waals surface area contributed by atoms with E-state index < -0.39 is 0 Å². The average Bonchev–Trinajstić information content (AvgIpc) is 3.08. The Bertz CT molecular complexity index is 672. The zero-order chi connectivity index (χ0) is 16.2. The third-order valence-electron chi connectivity index (χ3n) is 4.20. The number of guanidine groups is 1. The lowest BCUT2D eigenvalue weighted by atomic mass is 10.1. The number of piperazine rings is 1. The normalized spacial score (nSPS) is 16.0. The molecule has 1 aliphatic heterocycles. The van der Waals surface area contributed by atoms with Gasteiger partial charge in [-0.1, -0.05) is 23.8 Å². The first-order valence-electron chi connectivity index (χ1n) is 7.89. The number of hydrogen-bond donors (Lipinski definition) is 1. The van der Waals surface area contributed by atoms with Crippen LogP contribution < -0.4 is 10.6 Å². The van der Waals surface area contributed by atoms with Crippen LogP contribution in [-0.2, 0) is 6.54 Å². The summed E-state index contributed by atoms with van der Waals surface area (Å²) in [4.78, 5) is 13.4. The van der Waals surface area contributed by atoms with Gasteiger partial charge in [-0.05, 0) is 25.0 Å². The maximum atomic E-state index is 6.18. The topological polar surface area (TPSA) is 57.8 Å². The predicted molar refractivity (Wildman–Crippen MR) is 97.1 cm³/mol. The summed E-state index contributed by atoms with van der Waals surface area (Å²) < 4.78 is 0. The number of anilines is 1. The lowest BCUT2D eigenvalue weighted by molar-refractivity contribution is 0.380. The second kappa shape index (κ2) is 7.00. The number of rotatable bonds is 3. The second-order valence-electron chi connectivity index (χ2n) is 5.89. The number of thiazole rings is 1. The number of nitrogens with two attached hydrogens (primary N) is 1. The molecule has 1 aliphatic rings. The molecule has 1 fully saturated rings. The van der Waals surface area contributed by atoms with Crippen LogP contribution in [0.5, 0.6) is 0 Å². The molecule has 122 valence electrons. The van der Waals surface area contributed by atoms with E-state index in [1.54, 1.807) is 11.3 Å². The highest BCUT2D eigenvalue weighted by atomic mass is 32.1. The van der Waals surface area contributed by atoms with Gasteiger partial charge >= 0.3 is 0 Å². The fraction of sp³-hybridized carbons (Fsp3) is 0.412. The molecule has 2 N–H and O–H groups in total. The van der Waals surface area contributed by atoms with Crippen LogP contribution in [0.4, 0.5) is 5.13 Å². The number of nitrogens with zero attached hydrogens (tertiary/aromatic N) is 4. The van der Waals surface area contributed by atoms with Crippen LogP contribution in [0.15, 0.2) is 34.8 Å². The molecule has 3 rings (SSSR count). The van der Waals surface area contributed by atoms with E-state index in [9.17, 15) is 0 Å². The molecule has 23 heavy (non-hydrogen) atoms. The van der Waals surface area contributed by atoms with Crippen molar-refractivity contribution in [1.82, 2.24) is 9.88 Å². The lowest BCUT2D eigenvalue weighted by Gasteiger charge is -2.35. The Labute approximate surface area is 141 Å². The fourth-order valence-corrected chi connectivity index (χ4v) is 3.49. The minimum atomic E-state index is 0.642. The Morgan fingerprint density at radius 2 is 2.04 bits per heavy atom. The zero-order valence-corrected chi connectivity index (χ0v) is 14.5. The molecule has 5 nitrogen and oxygen atoms in total. The first-order valence-corrected chi connectivity index (χ1v) is 8.77. The summed E-state index contributed by atoms with van der Waals surface area (Å²) in [7, 11) is 0. The third kappa shape index (κ3) is 3.82. The van der Waals surface area contributed by atoms with Crippen molar-refractivity contribution < 1.29 is 0 Å². The van der Waals surface area contributed by atoms with Crippen LogP contribution in [0.3, 0.4) is 0 Å². The highest BCUT2D eigenvalue weighted by Crippen LogP contribution is 2.19. The number of aryl methyl sites for hydroxylation is 2. The molecule has 0 unspecified atom stereocenters. The Morgan fingerprint density at radius 1 is 1.26 bits per heavy atom. The summed E-state index contributed by atoms with van der Waals surface area (Å²) >= 11 is 1.68. The summed E-state index contributed by atoms with van der Waals surface area (Å²) in [6, 6.07) is 6.45. The van der Waals surface area contributed by atoms with Crippen molar-refractivity contribution in [3.05, 3.63) is 46.5 Å². The van der Waals surface area contributed by atoms with Gasteiger partial charge in [0.05, 0.1) is 6.54 Å². The molecular weight excluding hydrogens is 306 g/mol. The molecular formula is C17H23N5S. The minimum Gasteiger partial charge on any atom is -0.370 e. The molecule has 1 aromatic heterocycles. The lowest BCUT2D eigenvalue weighted by Crippen LogP contribution is -2.51. The van der Waals surface area contributed by atoms with Crippen molar-refractivity contribution in [1.29, 1.82) is 0 Å². The van der Waals surface area contributed by atoms with Gasteiger partial charge in [-0.3, -0.25) is 0 Å². The quantitative estimate of drug-likeness (QED) is 0.694. The Kier molecular flexibility index (Phi) is 4.81. The van der Waals surface area contributed by atoms with Crippen molar-refractivity contribution in [3.63, 3.8) is 0 Å². The molecule has 6 heteroatoms. The molecule has 1 saturated heterocycles. The van der Waals surface area contributed by atoms with Crippen molar-refractivity contribution in [2.45, 2.75) is 20.4 Å². The number of aliphatic imine (C=N–C) groups is 1. The summed E-state index contributed by atoms with van der Waals surface area (Å²) in [6.45, 7) is 8.53. The summed E-state index contributed by atoms with van der Waals surface area (Å²) in [5, 5.41) is 3.11. The third-order valence-corrected chi connectivity index (χ3v) is 5.04. The van der Waals surface area contributed by atoms with Crippen LogP contribution in [0, 0.1) is 13.8 Å². The van der Waals surface area contributed by atoms with Crippen LogP contribution in [0.1, 0.15) is 16.7 Å². The summed E-state index contributed by atoms with van der Waals surface area (Å²) in [5.74, 6) is 0.642. The highest BCUT2D eigenvalue weighted by Gasteiger charge is 2.19. The van der Waals surface area contributed by atoms with Gasteiger partial charge in [0.2, 0.25) is 0 Å². The van der Waals surface area contributed by atoms with Gasteiger partial charge < -0.3 is 15.5 Å². The summed E-state index contributed by atoms with van der Waals surface area (Å²) in [6.07, 6.45) is 1.85. The van der Waals surface area contributed by atoms with Crippen molar-refractivity contribution in [3.8, 4) is 0 Å². The highest BCUT2D eigenvalue weighted by molar-refractivity contribution is 7.13. The summed E-state index contributed by atoms with van der Waals surface area (Å²) in [5.41, 5.74) is 9.97. The number of aromatic nitrogens is 1. The fourth-order valence-electron chi connectivity index (χ4n) is 2.79.